The molecule has 0 saturated carbocycles. The van der Waals surface area contributed by atoms with Gasteiger partial charge in [0.25, 0.3) is 5.69 Å². The molecule has 0 spiro atoms. The SMILES string of the molecule is Cc1ccc([N+](=O)[O-])cc1NOCC(=O)O. The lowest BCUT2D eigenvalue weighted by Gasteiger charge is -2.07. The Hall–Kier alpha value is -2.15. The highest BCUT2D eigenvalue weighted by Crippen LogP contribution is 2.21. The van der Waals surface area contributed by atoms with Crippen molar-refractivity contribution < 1.29 is 19.7 Å². The molecule has 1 aromatic rings. The molecule has 0 aliphatic rings. The van der Waals surface area contributed by atoms with Crippen molar-refractivity contribution in [1.29, 1.82) is 0 Å². The smallest absolute Gasteiger partial charge is 0.332 e. The predicted octanol–water partition coefficient (Wildman–Crippen LogP) is 1.33. The summed E-state index contributed by atoms with van der Waals surface area (Å²) in [6, 6.07) is 4.18. The van der Waals surface area contributed by atoms with Crippen LogP contribution in [-0.2, 0) is 9.63 Å². The highest BCUT2D eigenvalue weighted by molar-refractivity contribution is 5.68. The van der Waals surface area contributed by atoms with E-state index in [1.807, 2.05) is 0 Å². The summed E-state index contributed by atoms with van der Waals surface area (Å²) in [5.74, 6) is -1.13. The van der Waals surface area contributed by atoms with Gasteiger partial charge in [0, 0.05) is 12.1 Å². The zero-order valence-electron chi connectivity index (χ0n) is 8.47. The van der Waals surface area contributed by atoms with Crippen LogP contribution in [0.4, 0.5) is 11.4 Å². The van der Waals surface area contributed by atoms with Gasteiger partial charge in [-0.15, -0.1) is 0 Å². The molecule has 0 aliphatic heterocycles. The van der Waals surface area contributed by atoms with Crippen molar-refractivity contribution in [3.63, 3.8) is 0 Å². The molecule has 0 aliphatic carbocycles. The number of aryl methyl sites for hydroxylation is 1. The van der Waals surface area contributed by atoms with E-state index in [2.05, 4.69) is 10.3 Å². The predicted molar refractivity (Wildman–Crippen MR) is 55.0 cm³/mol. The number of benzene rings is 1. The molecule has 2 N–H and O–H groups in total. The third kappa shape index (κ3) is 3.21. The summed E-state index contributed by atoms with van der Waals surface area (Å²) in [7, 11) is 0. The fourth-order valence-corrected chi connectivity index (χ4v) is 1.01. The van der Waals surface area contributed by atoms with Gasteiger partial charge in [-0.3, -0.25) is 20.4 Å². The van der Waals surface area contributed by atoms with Gasteiger partial charge in [-0.1, -0.05) is 6.07 Å². The van der Waals surface area contributed by atoms with Gasteiger partial charge in [0.1, 0.15) is 0 Å². The number of nitrogens with one attached hydrogen (secondary N) is 1. The molecule has 0 fully saturated rings. The summed E-state index contributed by atoms with van der Waals surface area (Å²) in [6.07, 6.45) is 0. The van der Waals surface area contributed by atoms with Crippen LogP contribution in [0.3, 0.4) is 0 Å². The van der Waals surface area contributed by atoms with Crippen LogP contribution in [0.5, 0.6) is 0 Å². The van der Waals surface area contributed by atoms with E-state index in [1.54, 1.807) is 13.0 Å². The van der Waals surface area contributed by atoms with Crippen molar-refractivity contribution in [3.8, 4) is 0 Å². The minimum absolute atomic E-state index is 0.0907. The Morgan fingerprint density at radius 1 is 1.62 bits per heavy atom. The van der Waals surface area contributed by atoms with Gasteiger partial charge in [-0.25, -0.2) is 4.79 Å². The first-order valence-electron chi connectivity index (χ1n) is 4.35. The lowest BCUT2D eigenvalue weighted by atomic mass is 10.2. The van der Waals surface area contributed by atoms with Crippen LogP contribution in [0.25, 0.3) is 0 Å². The molecule has 0 atom stereocenters. The van der Waals surface area contributed by atoms with Crippen molar-refractivity contribution in [2.24, 2.45) is 0 Å². The Morgan fingerprint density at radius 3 is 2.88 bits per heavy atom. The molecule has 7 heteroatoms. The Labute approximate surface area is 90.8 Å². The third-order valence-electron chi connectivity index (χ3n) is 1.81. The highest BCUT2D eigenvalue weighted by Gasteiger charge is 2.08. The average Bonchev–Trinajstić information content (AvgIpc) is 2.20. The first-order chi connectivity index (χ1) is 7.50. The monoisotopic (exact) mass is 226 g/mol. The molecular weight excluding hydrogens is 216 g/mol. The van der Waals surface area contributed by atoms with Crippen LogP contribution in [-0.4, -0.2) is 22.6 Å². The topological polar surface area (TPSA) is 102 Å². The van der Waals surface area contributed by atoms with E-state index in [0.717, 1.165) is 5.56 Å². The number of rotatable bonds is 5. The van der Waals surface area contributed by atoms with Gasteiger partial charge in [-0.2, -0.15) is 0 Å². The Balaban J connectivity index is 2.74. The number of aliphatic carboxylic acids is 1. The van der Waals surface area contributed by atoms with Crippen molar-refractivity contribution in [1.82, 2.24) is 0 Å². The zero-order chi connectivity index (χ0) is 12.1. The van der Waals surface area contributed by atoms with Crippen LogP contribution in [0.2, 0.25) is 0 Å². The van der Waals surface area contributed by atoms with Gasteiger partial charge < -0.3 is 5.11 Å². The van der Waals surface area contributed by atoms with E-state index < -0.39 is 17.5 Å². The van der Waals surface area contributed by atoms with E-state index in [-0.39, 0.29) is 5.69 Å². The van der Waals surface area contributed by atoms with E-state index >= 15 is 0 Å². The minimum atomic E-state index is -1.13. The van der Waals surface area contributed by atoms with E-state index in [1.165, 1.54) is 12.1 Å². The number of non-ortho nitro benzene ring substituents is 1. The molecule has 0 radical (unpaired) electrons. The van der Waals surface area contributed by atoms with Crippen molar-refractivity contribution in [2.45, 2.75) is 6.92 Å². The summed E-state index contributed by atoms with van der Waals surface area (Å²) in [4.78, 5) is 24.8. The van der Waals surface area contributed by atoms with E-state index in [4.69, 9.17) is 5.11 Å². The molecule has 0 unspecified atom stereocenters. The number of carboxylic acids is 1. The second-order valence-electron chi connectivity index (χ2n) is 3.04. The molecule has 0 amide bonds. The fraction of sp³-hybridized carbons (Fsp3) is 0.222. The van der Waals surface area contributed by atoms with Gasteiger partial charge >= 0.3 is 5.97 Å². The van der Waals surface area contributed by atoms with Crippen LogP contribution in [0.15, 0.2) is 18.2 Å². The number of carboxylic acid groups (broad SMARTS) is 1. The normalized spacial score (nSPS) is 9.81. The standard InChI is InChI=1S/C9H10N2O5/c1-6-2-3-7(11(14)15)4-8(6)10-16-5-9(12)13/h2-4,10H,5H2,1H3,(H,12,13). The van der Waals surface area contributed by atoms with Crippen molar-refractivity contribution in [2.75, 3.05) is 12.1 Å². The maximum atomic E-state index is 10.5. The maximum Gasteiger partial charge on any atom is 0.332 e. The number of nitro groups is 1. The Bertz CT molecular complexity index is 418. The number of anilines is 1. The number of hydrogen-bond donors (Lipinski definition) is 2. The van der Waals surface area contributed by atoms with Crippen LogP contribution in [0.1, 0.15) is 5.56 Å². The summed E-state index contributed by atoms with van der Waals surface area (Å²) in [5, 5.41) is 18.8. The summed E-state index contributed by atoms with van der Waals surface area (Å²) >= 11 is 0. The molecule has 1 aromatic carbocycles. The summed E-state index contributed by atoms with van der Waals surface area (Å²) < 4.78 is 0. The molecule has 86 valence electrons. The lowest BCUT2D eigenvalue weighted by molar-refractivity contribution is -0.384. The molecule has 0 saturated heterocycles. The largest absolute Gasteiger partial charge is 0.479 e. The second kappa shape index (κ2) is 5.08. The molecule has 7 nitrogen and oxygen atoms in total. The third-order valence-corrected chi connectivity index (χ3v) is 1.81. The molecule has 1 rings (SSSR count). The van der Waals surface area contributed by atoms with E-state index in [9.17, 15) is 14.9 Å². The summed E-state index contributed by atoms with van der Waals surface area (Å²) in [6.45, 7) is 1.19. The minimum Gasteiger partial charge on any atom is -0.479 e. The van der Waals surface area contributed by atoms with Crippen LogP contribution < -0.4 is 5.48 Å². The fourth-order valence-electron chi connectivity index (χ4n) is 1.01. The number of nitro benzene ring substituents is 1. The van der Waals surface area contributed by atoms with Crippen LogP contribution in [0, 0.1) is 17.0 Å². The van der Waals surface area contributed by atoms with Gasteiger partial charge in [0.2, 0.25) is 0 Å². The zero-order valence-corrected chi connectivity index (χ0v) is 8.47. The van der Waals surface area contributed by atoms with Gasteiger partial charge in [0.15, 0.2) is 6.61 Å². The van der Waals surface area contributed by atoms with Gasteiger partial charge in [0.05, 0.1) is 10.6 Å². The second-order valence-corrected chi connectivity index (χ2v) is 3.04. The molecule has 16 heavy (non-hydrogen) atoms. The molecule has 0 heterocycles. The van der Waals surface area contributed by atoms with Crippen molar-refractivity contribution >= 4 is 17.3 Å². The Morgan fingerprint density at radius 2 is 2.31 bits per heavy atom. The maximum absolute atomic E-state index is 10.5. The Kier molecular flexibility index (Phi) is 3.78. The van der Waals surface area contributed by atoms with Crippen molar-refractivity contribution in [3.05, 3.63) is 33.9 Å². The van der Waals surface area contributed by atoms with E-state index in [0.29, 0.717) is 5.69 Å². The molecule has 0 bridgehead atoms. The average molecular weight is 226 g/mol. The summed E-state index contributed by atoms with van der Waals surface area (Å²) in [5.41, 5.74) is 3.35. The number of carbonyl (C=O) groups is 1. The molecule has 0 aromatic heterocycles. The molecular formula is C9H10N2O5. The highest BCUT2D eigenvalue weighted by atomic mass is 16.7. The first-order valence-corrected chi connectivity index (χ1v) is 4.35. The first kappa shape index (κ1) is 11.9. The van der Waals surface area contributed by atoms with Gasteiger partial charge in [-0.05, 0) is 12.5 Å². The number of nitrogens with zero attached hydrogens (tertiary/aromatic N) is 1. The lowest BCUT2D eigenvalue weighted by Crippen LogP contribution is -2.11. The quantitative estimate of drug-likeness (QED) is 0.580. The van der Waals surface area contributed by atoms with Crippen LogP contribution >= 0.6 is 0 Å². The number of hydrogen-bond acceptors (Lipinski definition) is 5.